The lowest BCUT2D eigenvalue weighted by Gasteiger charge is -2.38. The quantitative estimate of drug-likeness (QED) is 0.299. The molecule has 210 valence electrons. The van der Waals surface area contributed by atoms with Gasteiger partial charge in [-0.2, -0.15) is 15.2 Å². The Morgan fingerprint density at radius 3 is 2.66 bits per heavy atom. The van der Waals surface area contributed by atoms with E-state index >= 15 is 0 Å². The SMILES string of the molecule is Cc1cc(Nc2nc(N3CCC4(CC3)CCN(C(C)c3ccc(-n5cc(F)cn5)nc3)C4=O)nc3ccsc23)n[nH]1. The Bertz CT molecular complexity index is 1720. The summed E-state index contributed by atoms with van der Waals surface area (Å²) in [5.74, 6) is 2.43. The molecule has 0 bridgehead atoms. The van der Waals surface area contributed by atoms with Crippen molar-refractivity contribution in [2.24, 2.45) is 5.41 Å². The molecule has 1 unspecified atom stereocenters. The monoisotopic (exact) mass is 572 g/mol. The molecule has 2 fully saturated rings. The number of rotatable bonds is 6. The van der Waals surface area contributed by atoms with E-state index in [1.54, 1.807) is 23.6 Å². The van der Waals surface area contributed by atoms with Gasteiger partial charge in [-0.3, -0.25) is 9.89 Å². The Labute approximate surface area is 239 Å². The van der Waals surface area contributed by atoms with Crippen molar-refractivity contribution in [3.8, 4) is 5.82 Å². The van der Waals surface area contributed by atoms with E-state index in [0.29, 0.717) is 37.2 Å². The van der Waals surface area contributed by atoms with Gasteiger partial charge in [0.1, 0.15) is 0 Å². The molecule has 1 atom stereocenters. The van der Waals surface area contributed by atoms with Crippen molar-refractivity contribution in [3.05, 3.63) is 65.3 Å². The van der Waals surface area contributed by atoms with E-state index in [1.165, 1.54) is 10.9 Å². The lowest BCUT2D eigenvalue weighted by atomic mass is 9.77. The van der Waals surface area contributed by atoms with E-state index in [9.17, 15) is 9.18 Å². The van der Waals surface area contributed by atoms with Gasteiger partial charge in [-0.05, 0) is 56.2 Å². The number of hydrogen-bond donors (Lipinski definition) is 2. The molecular weight excluding hydrogens is 543 g/mol. The first-order chi connectivity index (χ1) is 19.9. The lowest BCUT2D eigenvalue weighted by Crippen LogP contribution is -2.45. The molecular formula is C28H29FN10OS. The van der Waals surface area contributed by atoms with Gasteiger partial charge in [-0.1, -0.05) is 6.07 Å². The van der Waals surface area contributed by atoms with Crippen LogP contribution >= 0.6 is 11.3 Å². The zero-order valence-corrected chi connectivity index (χ0v) is 23.5. The summed E-state index contributed by atoms with van der Waals surface area (Å²) in [5, 5.41) is 16.6. The van der Waals surface area contributed by atoms with Crippen LogP contribution in [0.4, 0.5) is 22.0 Å². The second-order valence-corrected chi connectivity index (χ2v) is 11.7. The Kier molecular flexibility index (Phi) is 6.18. The van der Waals surface area contributed by atoms with Crippen molar-refractivity contribution >= 4 is 45.0 Å². The fraction of sp³-hybridized carbons (Fsp3) is 0.357. The molecule has 0 radical (unpaired) electrons. The molecule has 2 aliphatic heterocycles. The number of pyridine rings is 1. The van der Waals surface area contributed by atoms with Gasteiger partial charge in [-0.15, -0.1) is 11.3 Å². The van der Waals surface area contributed by atoms with Crippen LogP contribution in [0, 0.1) is 18.2 Å². The first kappa shape index (κ1) is 25.6. The summed E-state index contributed by atoms with van der Waals surface area (Å²) in [4.78, 5) is 32.1. The highest BCUT2D eigenvalue weighted by molar-refractivity contribution is 7.17. The van der Waals surface area contributed by atoms with Crippen LogP contribution in [0.25, 0.3) is 16.0 Å². The number of aromatic amines is 1. The first-order valence-corrected chi connectivity index (χ1v) is 14.5. The van der Waals surface area contributed by atoms with Gasteiger partial charge >= 0.3 is 0 Å². The predicted octanol–water partition coefficient (Wildman–Crippen LogP) is 4.77. The van der Waals surface area contributed by atoms with Gasteiger partial charge in [0.05, 0.1) is 34.1 Å². The van der Waals surface area contributed by atoms with Crippen LogP contribution < -0.4 is 10.2 Å². The number of likely N-dealkylation sites (tertiary alicyclic amines) is 1. The number of amides is 1. The van der Waals surface area contributed by atoms with Crippen LogP contribution in [0.5, 0.6) is 0 Å². The third-order valence-electron chi connectivity index (χ3n) is 8.30. The fourth-order valence-corrected chi connectivity index (χ4v) is 6.66. The summed E-state index contributed by atoms with van der Waals surface area (Å²) in [7, 11) is 0. The zero-order valence-electron chi connectivity index (χ0n) is 22.7. The van der Waals surface area contributed by atoms with E-state index in [-0.39, 0.29) is 17.4 Å². The third-order valence-corrected chi connectivity index (χ3v) is 9.21. The topological polar surface area (TPSA) is 121 Å². The van der Waals surface area contributed by atoms with Crippen molar-refractivity contribution < 1.29 is 9.18 Å². The number of aromatic nitrogens is 7. The van der Waals surface area contributed by atoms with E-state index < -0.39 is 5.82 Å². The van der Waals surface area contributed by atoms with Crippen molar-refractivity contribution in [2.45, 2.75) is 39.2 Å². The zero-order chi connectivity index (χ0) is 28.1. The highest BCUT2D eigenvalue weighted by atomic mass is 32.1. The molecule has 1 amide bonds. The van der Waals surface area contributed by atoms with E-state index in [1.807, 2.05) is 42.3 Å². The normalized spacial score (nSPS) is 17.6. The molecule has 2 N–H and O–H groups in total. The van der Waals surface area contributed by atoms with Crippen LogP contribution in [0.2, 0.25) is 0 Å². The molecule has 0 aromatic carbocycles. The summed E-state index contributed by atoms with van der Waals surface area (Å²) in [5.41, 5.74) is 2.43. The van der Waals surface area contributed by atoms with Crippen LogP contribution in [0.3, 0.4) is 0 Å². The van der Waals surface area contributed by atoms with Crippen molar-refractivity contribution in [2.75, 3.05) is 29.9 Å². The molecule has 0 saturated carbocycles. The van der Waals surface area contributed by atoms with Gasteiger partial charge in [0.2, 0.25) is 11.9 Å². The molecule has 13 heteroatoms. The minimum atomic E-state index is -0.414. The molecule has 5 aromatic rings. The van der Waals surface area contributed by atoms with Crippen LogP contribution in [0.1, 0.15) is 43.5 Å². The lowest BCUT2D eigenvalue weighted by molar-refractivity contribution is -0.138. The Morgan fingerprint density at radius 2 is 1.95 bits per heavy atom. The molecule has 1 spiro atoms. The van der Waals surface area contributed by atoms with Gasteiger partial charge < -0.3 is 15.1 Å². The number of aryl methyl sites for hydroxylation is 1. The first-order valence-electron chi connectivity index (χ1n) is 13.7. The summed E-state index contributed by atoms with van der Waals surface area (Å²) < 4.78 is 15.7. The highest BCUT2D eigenvalue weighted by Crippen LogP contribution is 2.45. The van der Waals surface area contributed by atoms with Gasteiger partial charge in [0.15, 0.2) is 23.3 Å². The second-order valence-electron chi connectivity index (χ2n) is 10.8. The minimum absolute atomic E-state index is 0.112. The molecule has 11 nitrogen and oxygen atoms in total. The number of hydrogen-bond acceptors (Lipinski definition) is 9. The number of carbonyl (C=O) groups excluding carboxylic acids is 1. The maximum Gasteiger partial charge on any atom is 0.229 e. The minimum Gasteiger partial charge on any atom is -0.341 e. The molecule has 2 aliphatic rings. The van der Waals surface area contributed by atoms with Crippen LogP contribution in [-0.4, -0.2) is 65.4 Å². The second kappa shape index (κ2) is 9.91. The molecule has 2 saturated heterocycles. The smallest absolute Gasteiger partial charge is 0.229 e. The summed E-state index contributed by atoms with van der Waals surface area (Å²) >= 11 is 1.59. The highest BCUT2D eigenvalue weighted by Gasteiger charge is 2.49. The standard InChI is InChI=1S/C28H29FN10OS/c1-17-13-22(36-35-17)33-25-24-21(5-12-41-24)32-27(34-25)37-9-6-28(7-10-37)8-11-38(26(28)40)18(2)19-3-4-23(30-14-19)39-16-20(29)15-31-39/h3-5,12-16,18H,6-11H2,1-2H3,(H2,32,33,34,35,36). The average molecular weight is 573 g/mol. The third kappa shape index (κ3) is 4.59. The van der Waals surface area contributed by atoms with Crippen LogP contribution in [0.15, 0.2) is 48.2 Å². The molecule has 7 rings (SSSR count). The van der Waals surface area contributed by atoms with Gasteiger partial charge in [-0.25, -0.2) is 19.0 Å². The Hall–Kier alpha value is -4.39. The fourth-order valence-electron chi connectivity index (χ4n) is 5.88. The van der Waals surface area contributed by atoms with Gasteiger partial charge in [0.25, 0.3) is 0 Å². The number of thiophene rings is 1. The number of fused-ring (bicyclic) bond motifs is 1. The average Bonchev–Trinajstić information content (AvgIpc) is 3.78. The van der Waals surface area contributed by atoms with E-state index in [0.717, 1.165) is 52.8 Å². The summed E-state index contributed by atoms with van der Waals surface area (Å²) in [6, 6.07) is 7.57. The summed E-state index contributed by atoms with van der Waals surface area (Å²) in [6.07, 6.45) is 6.52. The maximum absolute atomic E-state index is 13.8. The van der Waals surface area contributed by atoms with E-state index in [4.69, 9.17) is 9.97 Å². The number of carbonyl (C=O) groups is 1. The maximum atomic E-state index is 13.8. The number of H-pyrrole nitrogens is 1. The number of anilines is 3. The van der Waals surface area contributed by atoms with Crippen molar-refractivity contribution in [1.29, 1.82) is 0 Å². The summed E-state index contributed by atoms with van der Waals surface area (Å²) in [6.45, 7) is 6.12. The molecule has 0 aliphatic carbocycles. The van der Waals surface area contributed by atoms with Crippen molar-refractivity contribution in [1.82, 2.24) is 39.8 Å². The predicted molar refractivity (Wildman–Crippen MR) is 154 cm³/mol. The molecule has 7 heterocycles. The largest absolute Gasteiger partial charge is 0.341 e. The van der Waals surface area contributed by atoms with Crippen LogP contribution in [-0.2, 0) is 4.79 Å². The Balaban J connectivity index is 1.04. The van der Waals surface area contributed by atoms with Crippen molar-refractivity contribution in [3.63, 3.8) is 0 Å². The number of nitrogens with one attached hydrogen (secondary N) is 2. The Morgan fingerprint density at radius 1 is 1.12 bits per heavy atom. The number of nitrogens with zero attached hydrogens (tertiary/aromatic N) is 8. The molecule has 5 aromatic heterocycles. The van der Waals surface area contributed by atoms with E-state index in [2.05, 4.69) is 30.5 Å². The number of piperidine rings is 1. The molecule has 41 heavy (non-hydrogen) atoms. The van der Waals surface area contributed by atoms with Gasteiger partial charge in [0, 0.05) is 37.6 Å². The number of halogens is 1.